The molecule has 1 amide bonds. The van der Waals surface area contributed by atoms with E-state index in [1.54, 1.807) is 17.0 Å². The molecule has 1 fully saturated rings. The number of carbonyl (C=O) groups excluding carboxylic acids is 1. The fraction of sp³-hybridized carbons (Fsp3) is 0.417. The van der Waals surface area contributed by atoms with Gasteiger partial charge in [-0.25, -0.2) is 0 Å². The quantitative estimate of drug-likeness (QED) is 0.890. The molecular formula is C12H14BrNO3. The highest BCUT2D eigenvalue weighted by Gasteiger charge is 2.33. The summed E-state index contributed by atoms with van der Waals surface area (Å²) >= 11 is 3.27. The molecule has 1 aliphatic carbocycles. The van der Waals surface area contributed by atoms with Crippen molar-refractivity contribution < 1.29 is 15.0 Å². The molecule has 17 heavy (non-hydrogen) atoms. The van der Waals surface area contributed by atoms with E-state index >= 15 is 0 Å². The van der Waals surface area contributed by atoms with Crippen molar-refractivity contribution >= 4 is 21.8 Å². The normalized spacial score (nSPS) is 14.7. The monoisotopic (exact) mass is 299 g/mol. The summed E-state index contributed by atoms with van der Waals surface area (Å²) < 4.78 is 0.749. The third-order valence-corrected chi connectivity index (χ3v) is 3.27. The van der Waals surface area contributed by atoms with Crippen molar-refractivity contribution in [3.8, 4) is 5.75 Å². The highest BCUT2D eigenvalue weighted by molar-refractivity contribution is 9.10. The van der Waals surface area contributed by atoms with Gasteiger partial charge in [-0.3, -0.25) is 4.79 Å². The van der Waals surface area contributed by atoms with Crippen LogP contribution in [0.5, 0.6) is 5.75 Å². The fourth-order valence-corrected chi connectivity index (χ4v) is 2.14. The number of aliphatic hydroxyl groups excluding tert-OH is 1. The van der Waals surface area contributed by atoms with Gasteiger partial charge in [-0.05, 0) is 31.0 Å². The number of hydrogen-bond acceptors (Lipinski definition) is 3. The zero-order valence-corrected chi connectivity index (χ0v) is 10.9. The van der Waals surface area contributed by atoms with Gasteiger partial charge in [-0.2, -0.15) is 0 Å². The van der Waals surface area contributed by atoms with Gasteiger partial charge in [-0.15, -0.1) is 0 Å². The average Bonchev–Trinajstić information content (AvgIpc) is 3.12. The Kier molecular flexibility index (Phi) is 3.69. The highest BCUT2D eigenvalue weighted by Crippen LogP contribution is 2.30. The first-order valence-electron chi connectivity index (χ1n) is 5.54. The smallest absolute Gasteiger partial charge is 0.257 e. The topological polar surface area (TPSA) is 60.8 Å². The molecule has 0 unspecified atom stereocenters. The van der Waals surface area contributed by atoms with E-state index in [1.165, 1.54) is 6.07 Å². The standard InChI is InChI=1S/C12H14BrNO3/c13-8-1-4-11(16)10(7-8)12(17)14(5-6-15)9-2-3-9/h1,4,7,9,15-16H,2-3,5-6H2. The minimum atomic E-state index is -0.222. The van der Waals surface area contributed by atoms with E-state index < -0.39 is 0 Å². The van der Waals surface area contributed by atoms with Crippen LogP contribution in [0.1, 0.15) is 23.2 Å². The number of aliphatic hydroxyl groups is 1. The first kappa shape index (κ1) is 12.4. The van der Waals surface area contributed by atoms with Crippen molar-refractivity contribution in [2.75, 3.05) is 13.2 Å². The second kappa shape index (κ2) is 5.06. The second-order valence-electron chi connectivity index (χ2n) is 4.11. The molecule has 0 aromatic heterocycles. The number of carbonyl (C=O) groups is 1. The molecule has 2 rings (SSSR count). The molecule has 1 aromatic carbocycles. The highest BCUT2D eigenvalue weighted by atomic mass is 79.9. The van der Waals surface area contributed by atoms with Crippen molar-refractivity contribution in [3.63, 3.8) is 0 Å². The molecule has 0 heterocycles. The van der Waals surface area contributed by atoms with Crippen LogP contribution in [0.25, 0.3) is 0 Å². The van der Waals surface area contributed by atoms with Crippen molar-refractivity contribution in [3.05, 3.63) is 28.2 Å². The predicted octanol–water partition coefficient (Wildman–Crippen LogP) is 1.75. The molecule has 1 aliphatic rings. The van der Waals surface area contributed by atoms with Crippen LogP contribution >= 0.6 is 15.9 Å². The zero-order valence-electron chi connectivity index (χ0n) is 9.27. The lowest BCUT2D eigenvalue weighted by molar-refractivity contribution is 0.0704. The van der Waals surface area contributed by atoms with Crippen LogP contribution in [-0.2, 0) is 0 Å². The van der Waals surface area contributed by atoms with E-state index in [1.807, 2.05) is 0 Å². The molecule has 1 aromatic rings. The van der Waals surface area contributed by atoms with Gasteiger partial charge < -0.3 is 15.1 Å². The van der Waals surface area contributed by atoms with Gasteiger partial charge in [0.25, 0.3) is 5.91 Å². The van der Waals surface area contributed by atoms with E-state index in [2.05, 4.69) is 15.9 Å². The summed E-state index contributed by atoms with van der Waals surface area (Å²) in [5.74, 6) is -0.248. The lowest BCUT2D eigenvalue weighted by Crippen LogP contribution is -2.35. The third kappa shape index (κ3) is 2.79. The van der Waals surface area contributed by atoms with E-state index in [-0.39, 0.29) is 29.9 Å². The number of halogens is 1. The Morgan fingerprint density at radius 1 is 1.47 bits per heavy atom. The number of hydrogen-bond donors (Lipinski definition) is 2. The number of phenolic OH excluding ortho intramolecular Hbond substituents is 1. The zero-order chi connectivity index (χ0) is 12.4. The first-order valence-corrected chi connectivity index (χ1v) is 6.33. The number of amides is 1. The lowest BCUT2D eigenvalue weighted by atomic mass is 10.1. The molecular weight excluding hydrogens is 286 g/mol. The Hall–Kier alpha value is -1.07. The van der Waals surface area contributed by atoms with Gasteiger partial charge >= 0.3 is 0 Å². The molecule has 0 aliphatic heterocycles. The van der Waals surface area contributed by atoms with Gasteiger partial charge in [0.2, 0.25) is 0 Å². The molecule has 1 saturated carbocycles. The van der Waals surface area contributed by atoms with Crippen LogP contribution in [-0.4, -0.2) is 40.2 Å². The van der Waals surface area contributed by atoms with Gasteiger partial charge in [-0.1, -0.05) is 15.9 Å². The van der Waals surface area contributed by atoms with Crippen LogP contribution in [0.2, 0.25) is 0 Å². The van der Waals surface area contributed by atoms with Gasteiger partial charge in [0.1, 0.15) is 5.75 Å². The summed E-state index contributed by atoms with van der Waals surface area (Å²) in [5.41, 5.74) is 0.278. The van der Waals surface area contributed by atoms with Crippen molar-refractivity contribution in [1.29, 1.82) is 0 Å². The van der Waals surface area contributed by atoms with E-state index in [9.17, 15) is 9.90 Å². The Balaban J connectivity index is 2.24. The maximum atomic E-state index is 12.2. The lowest BCUT2D eigenvalue weighted by Gasteiger charge is -2.21. The number of nitrogens with zero attached hydrogens (tertiary/aromatic N) is 1. The number of phenols is 1. The van der Waals surface area contributed by atoms with E-state index in [4.69, 9.17) is 5.11 Å². The number of aromatic hydroxyl groups is 1. The van der Waals surface area contributed by atoms with E-state index in [0.29, 0.717) is 6.54 Å². The Morgan fingerprint density at radius 3 is 2.76 bits per heavy atom. The summed E-state index contributed by atoms with van der Waals surface area (Å²) in [5, 5.41) is 18.7. The molecule has 92 valence electrons. The van der Waals surface area contributed by atoms with Crippen LogP contribution in [0, 0.1) is 0 Å². The second-order valence-corrected chi connectivity index (χ2v) is 5.03. The van der Waals surface area contributed by atoms with Crippen LogP contribution < -0.4 is 0 Å². The SMILES string of the molecule is O=C(c1cc(Br)ccc1O)N(CCO)C1CC1. The molecule has 4 nitrogen and oxygen atoms in total. The largest absolute Gasteiger partial charge is 0.507 e. The molecule has 2 N–H and O–H groups in total. The minimum Gasteiger partial charge on any atom is -0.507 e. The van der Waals surface area contributed by atoms with E-state index in [0.717, 1.165) is 17.3 Å². The summed E-state index contributed by atoms with van der Waals surface area (Å²) in [6, 6.07) is 4.98. The maximum absolute atomic E-state index is 12.2. The third-order valence-electron chi connectivity index (χ3n) is 2.78. The number of rotatable bonds is 4. The molecule has 0 spiro atoms. The summed E-state index contributed by atoms with van der Waals surface area (Å²) in [6.45, 7) is 0.256. The van der Waals surface area contributed by atoms with Gasteiger partial charge in [0.05, 0.1) is 12.2 Å². The number of benzene rings is 1. The van der Waals surface area contributed by atoms with Crippen LogP contribution in [0.3, 0.4) is 0 Å². The van der Waals surface area contributed by atoms with Gasteiger partial charge in [0.15, 0.2) is 0 Å². The summed E-state index contributed by atoms with van der Waals surface area (Å²) in [4.78, 5) is 13.8. The maximum Gasteiger partial charge on any atom is 0.257 e. The molecule has 0 radical (unpaired) electrons. The minimum absolute atomic E-state index is 0.0261. The fourth-order valence-electron chi connectivity index (χ4n) is 1.78. The Bertz CT molecular complexity index is 432. The molecule has 0 atom stereocenters. The summed E-state index contributed by atoms with van der Waals surface area (Å²) in [7, 11) is 0. The Morgan fingerprint density at radius 2 is 2.18 bits per heavy atom. The van der Waals surface area contributed by atoms with Gasteiger partial charge in [0, 0.05) is 17.1 Å². The first-order chi connectivity index (χ1) is 8.13. The average molecular weight is 300 g/mol. The Labute approximate surface area is 108 Å². The van der Waals surface area contributed by atoms with Crippen LogP contribution in [0.15, 0.2) is 22.7 Å². The van der Waals surface area contributed by atoms with Crippen molar-refractivity contribution in [2.24, 2.45) is 0 Å². The van der Waals surface area contributed by atoms with Crippen molar-refractivity contribution in [1.82, 2.24) is 4.90 Å². The van der Waals surface area contributed by atoms with Crippen LogP contribution in [0.4, 0.5) is 0 Å². The molecule has 0 saturated heterocycles. The van der Waals surface area contributed by atoms with Crippen molar-refractivity contribution in [2.45, 2.75) is 18.9 Å². The molecule has 0 bridgehead atoms. The predicted molar refractivity (Wildman–Crippen MR) is 67.0 cm³/mol. The summed E-state index contributed by atoms with van der Waals surface area (Å²) in [6.07, 6.45) is 1.95. The molecule has 5 heteroatoms.